The third-order valence-corrected chi connectivity index (χ3v) is 5.93. The number of rotatable bonds is 6. The lowest BCUT2D eigenvalue weighted by molar-refractivity contribution is 0.0914. The molecule has 0 radical (unpaired) electrons. The quantitative estimate of drug-likeness (QED) is 0.501. The largest absolute Gasteiger partial charge is 0.491 e. The number of hydrogen-bond donors (Lipinski definition) is 1. The molecular formula is C23H21FN2O3S. The smallest absolute Gasteiger partial charge is 0.262 e. The number of benzene rings is 2. The highest BCUT2D eigenvalue weighted by atomic mass is 32.1. The fraction of sp³-hybridized carbons (Fsp3) is 0.217. The first kappa shape index (κ1) is 20.3. The van der Waals surface area contributed by atoms with Gasteiger partial charge in [0.25, 0.3) is 5.56 Å². The van der Waals surface area contributed by atoms with Crippen molar-refractivity contribution in [3.05, 3.63) is 81.5 Å². The summed E-state index contributed by atoms with van der Waals surface area (Å²) >= 11 is 1.43. The zero-order valence-corrected chi connectivity index (χ0v) is 17.4. The van der Waals surface area contributed by atoms with Gasteiger partial charge in [-0.3, -0.25) is 9.36 Å². The summed E-state index contributed by atoms with van der Waals surface area (Å²) in [7, 11) is 0. The van der Waals surface area contributed by atoms with E-state index in [0.717, 1.165) is 16.7 Å². The van der Waals surface area contributed by atoms with Crippen LogP contribution in [0.5, 0.6) is 5.75 Å². The summed E-state index contributed by atoms with van der Waals surface area (Å²) < 4.78 is 19.8. The number of ether oxygens (including phenoxy) is 1. The van der Waals surface area contributed by atoms with Gasteiger partial charge in [0.1, 0.15) is 29.1 Å². The van der Waals surface area contributed by atoms with Crippen LogP contribution in [0, 0.1) is 19.7 Å². The van der Waals surface area contributed by atoms with Crippen molar-refractivity contribution >= 4 is 21.6 Å². The molecule has 0 amide bonds. The monoisotopic (exact) mass is 424 g/mol. The van der Waals surface area contributed by atoms with Gasteiger partial charge >= 0.3 is 0 Å². The number of hydrogen-bond acceptors (Lipinski definition) is 5. The van der Waals surface area contributed by atoms with E-state index in [0.29, 0.717) is 16.0 Å². The number of aliphatic hydroxyl groups excluding tert-OH is 1. The molecule has 2 heterocycles. The van der Waals surface area contributed by atoms with Crippen LogP contribution in [-0.4, -0.2) is 27.4 Å². The molecule has 154 valence electrons. The molecule has 2 aromatic heterocycles. The zero-order chi connectivity index (χ0) is 21.3. The molecule has 30 heavy (non-hydrogen) atoms. The first-order chi connectivity index (χ1) is 14.4. The molecule has 0 fully saturated rings. The number of nitrogens with zero attached hydrogens (tertiary/aromatic N) is 2. The highest BCUT2D eigenvalue weighted by molar-refractivity contribution is 7.17. The maximum Gasteiger partial charge on any atom is 0.262 e. The Balaban J connectivity index is 1.57. The number of thiophene rings is 1. The van der Waals surface area contributed by atoms with Crippen LogP contribution in [0.15, 0.2) is 59.0 Å². The summed E-state index contributed by atoms with van der Waals surface area (Å²) in [6, 6.07) is 11.7. The van der Waals surface area contributed by atoms with Crippen LogP contribution in [0.3, 0.4) is 0 Å². The van der Waals surface area contributed by atoms with Gasteiger partial charge in [-0.1, -0.05) is 18.2 Å². The van der Waals surface area contributed by atoms with Crippen LogP contribution in [-0.2, 0) is 6.54 Å². The SMILES string of the molecule is Cc1ccc(-c2csc3ncn(C[C@H](O)COc4ccc(F)cc4)c(=O)c23)cc1C. The van der Waals surface area contributed by atoms with Crippen molar-refractivity contribution in [1.82, 2.24) is 9.55 Å². The van der Waals surface area contributed by atoms with Crippen molar-refractivity contribution < 1.29 is 14.2 Å². The highest BCUT2D eigenvalue weighted by Gasteiger charge is 2.16. The first-order valence-electron chi connectivity index (χ1n) is 9.53. The summed E-state index contributed by atoms with van der Waals surface area (Å²) in [6.07, 6.45) is 0.530. The Hall–Kier alpha value is -3.03. The van der Waals surface area contributed by atoms with Gasteiger partial charge in [0.05, 0.1) is 18.3 Å². The van der Waals surface area contributed by atoms with Gasteiger partial charge in [-0.2, -0.15) is 0 Å². The van der Waals surface area contributed by atoms with Gasteiger partial charge in [0, 0.05) is 10.9 Å². The van der Waals surface area contributed by atoms with Crippen molar-refractivity contribution in [3.8, 4) is 16.9 Å². The van der Waals surface area contributed by atoms with Crippen molar-refractivity contribution in [2.75, 3.05) is 6.61 Å². The van der Waals surface area contributed by atoms with Crippen molar-refractivity contribution in [2.24, 2.45) is 0 Å². The topological polar surface area (TPSA) is 64.3 Å². The summed E-state index contributed by atoms with van der Waals surface area (Å²) in [5, 5.41) is 12.8. The van der Waals surface area contributed by atoms with Crippen molar-refractivity contribution in [1.29, 1.82) is 0 Å². The third kappa shape index (κ3) is 4.13. The molecular weight excluding hydrogens is 403 g/mol. The van der Waals surface area contributed by atoms with Gasteiger partial charge in [-0.25, -0.2) is 9.37 Å². The van der Waals surface area contributed by atoms with E-state index < -0.39 is 6.10 Å². The number of aliphatic hydroxyl groups is 1. The van der Waals surface area contributed by atoms with E-state index >= 15 is 0 Å². The second kappa shape index (κ2) is 8.38. The maximum atomic E-state index is 13.1. The van der Waals surface area contributed by atoms with E-state index in [9.17, 15) is 14.3 Å². The normalized spacial score (nSPS) is 12.3. The van der Waals surface area contributed by atoms with E-state index in [1.807, 2.05) is 24.4 Å². The predicted octanol–water partition coefficient (Wildman–Crippen LogP) is 4.32. The standard InChI is InChI=1S/C23H21FN2O3S/c1-14-3-4-16(9-15(14)2)20-12-30-22-21(20)23(28)26(13-25-22)10-18(27)11-29-19-7-5-17(24)6-8-19/h3-9,12-13,18,27H,10-11H2,1-2H3/t18-/m0/s1. The average molecular weight is 424 g/mol. The van der Waals surface area contributed by atoms with E-state index in [1.54, 1.807) is 0 Å². The number of aryl methyl sites for hydroxylation is 2. The second-order valence-electron chi connectivity index (χ2n) is 7.25. The lowest BCUT2D eigenvalue weighted by Crippen LogP contribution is -2.30. The molecule has 1 N–H and O–H groups in total. The average Bonchev–Trinajstić information content (AvgIpc) is 3.17. The Labute approximate surface area is 177 Å². The molecule has 0 saturated heterocycles. The number of fused-ring (bicyclic) bond motifs is 1. The summed E-state index contributed by atoms with van der Waals surface area (Å²) in [5.41, 5.74) is 3.97. The molecule has 1 atom stereocenters. The first-order valence-corrected chi connectivity index (χ1v) is 10.4. The van der Waals surface area contributed by atoms with Crippen LogP contribution < -0.4 is 10.3 Å². The lowest BCUT2D eigenvalue weighted by atomic mass is 10.0. The van der Waals surface area contributed by atoms with Crippen LogP contribution >= 0.6 is 11.3 Å². The molecule has 0 saturated carbocycles. The minimum absolute atomic E-state index is 0.0240. The number of halogens is 1. The minimum Gasteiger partial charge on any atom is -0.491 e. The molecule has 0 aliphatic rings. The van der Waals surface area contributed by atoms with Gasteiger partial charge in [0.15, 0.2) is 0 Å². The Morgan fingerprint density at radius 1 is 1.17 bits per heavy atom. The van der Waals surface area contributed by atoms with Gasteiger partial charge in [0.2, 0.25) is 0 Å². The summed E-state index contributed by atoms with van der Waals surface area (Å²) in [5.74, 6) is 0.0930. The van der Waals surface area contributed by atoms with Crippen molar-refractivity contribution in [3.63, 3.8) is 0 Å². The van der Waals surface area contributed by atoms with Gasteiger partial charge in [-0.05, 0) is 54.8 Å². The third-order valence-electron chi connectivity index (χ3n) is 5.04. The molecule has 0 aliphatic heterocycles. The fourth-order valence-electron chi connectivity index (χ4n) is 3.22. The van der Waals surface area contributed by atoms with E-state index in [-0.39, 0.29) is 24.5 Å². The molecule has 0 unspecified atom stereocenters. The molecule has 7 heteroatoms. The molecule has 0 aliphatic carbocycles. The van der Waals surface area contributed by atoms with Crippen molar-refractivity contribution in [2.45, 2.75) is 26.5 Å². The van der Waals surface area contributed by atoms with Crippen LogP contribution in [0.2, 0.25) is 0 Å². The maximum absolute atomic E-state index is 13.1. The van der Waals surface area contributed by atoms with Crippen LogP contribution in [0.1, 0.15) is 11.1 Å². The molecule has 4 rings (SSSR count). The molecule has 0 bridgehead atoms. The van der Waals surface area contributed by atoms with Crippen LogP contribution in [0.4, 0.5) is 4.39 Å². The highest BCUT2D eigenvalue weighted by Crippen LogP contribution is 2.31. The van der Waals surface area contributed by atoms with E-state index in [2.05, 4.69) is 18.0 Å². The zero-order valence-electron chi connectivity index (χ0n) is 16.6. The molecule has 2 aromatic carbocycles. The van der Waals surface area contributed by atoms with Gasteiger partial charge in [-0.15, -0.1) is 11.3 Å². The molecule has 4 aromatic rings. The second-order valence-corrected chi connectivity index (χ2v) is 8.11. The Morgan fingerprint density at radius 2 is 1.93 bits per heavy atom. The predicted molar refractivity (Wildman–Crippen MR) is 117 cm³/mol. The van der Waals surface area contributed by atoms with Gasteiger partial charge < -0.3 is 9.84 Å². The van der Waals surface area contributed by atoms with E-state index in [4.69, 9.17) is 4.74 Å². The minimum atomic E-state index is -0.921. The molecule has 0 spiro atoms. The fourth-order valence-corrected chi connectivity index (χ4v) is 4.13. The molecule has 5 nitrogen and oxygen atoms in total. The Bertz CT molecular complexity index is 1250. The summed E-state index contributed by atoms with van der Waals surface area (Å²) in [6.45, 7) is 4.12. The Morgan fingerprint density at radius 3 is 2.67 bits per heavy atom. The number of aromatic nitrogens is 2. The summed E-state index contributed by atoms with van der Waals surface area (Å²) in [4.78, 5) is 18.2. The Kier molecular flexibility index (Phi) is 5.65. The van der Waals surface area contributed by atoms with Crippen LogP contribution in [0.25, 0.3) is 21.3 Å². The lowest BCUT2D eigenvalue weighted by Gasteiger charge is -2.14. The van der Waals surface area contributed by atoms with E-state index in [1.165, 1.54) is 52.1 Å².